The van der Waals surface area contributed by atoms with Gasteiger partial charge in [0, 0.05) is 18.9 Å². The van der Waals surface area contributed by atoms with Crippen LogP contribution in [0.15, 0.2) is 61.2 Å². The molecule has 0 aliphatic carbocycles. The quantitative estimate of drug-likeness (QED) is 0.671. The van der Waals surface area contributed by atoms with Crippen LogP contribution in [0.3, 0.4) is 0 Å². The molecule has 24 heavy (non-hydrogen) atoms. The topological polar surface area (TPSA) is 67.9 Å². The highest BCUT2D eigenvalue weighted by Gasteiger charge is 2.12. The van der Waals surface area contributed by atoms with Crippen LogP contribution in [0, 0.1) is 11.3 Å². The zero-order valence-corrected chi connectivity index (χ0v) is 13.1. The van der Waals surface area contributed by atoms with Crippen LogP contribution in [0.1, 0.15) is 28.4 Å². The summed E-state index contributed by atoms with van der Waals surface area (Å²) in [6, 6.07) is 14.5. The third-order valence-corrected chi connectivity index (χ3v) is 3.58. The Morgan fingerprint density at radius 1 is 1.25 bits per heavy atom. The van der Waals surface area contributed by atoms with Gasteiger partial charge in [-0.3, -0.25) is 4.79 Å². The van der Waals surface area contributed by atoms with Gasteiger partial charge in [0.2, 0.25) is 0 Å². The number of aromatic nitrogens is 2. The van der Waals surface area contributed by atoms with Gasteiger partial charge in [0.15, 0.2) is 5.78 Å². The van der Waals surface area contributed by atoms with Gasteiger partial charge in [-0.1, -0.05) is 18.2 Å². The number of ether oxygens (including phenoxy) is 1. The fourth-order valence-corrected chi connectivity index (χ4v) is 2.40. The van der Waals surface area contributed by atoms with Crippen LogP contribution in [0.2, 0.25) is 0 Å². The van der Waals surface area contributed by atoms with Gasteiger partial charge in [-0.15, -0.1) is 0 Å². The van der Waals surface area contributed by atoms with Crippen molar-refractivity contribution >= 4 is 5.78 Å². The van der Waals surface area contributed by atoms with E-state index < -0.39 is 0 Å². The summed E-state index contributed by atoms with van der Waals surface area (Å²) in [5.74, 6) is 0.795. The Bertz CT molecular complexity index is 909. The second kappa shape index (κ2) is 6.80. The molecule has 0 aliphatic heterocycles. The molecule has 0 N–H and O–H groups in total. The molecule has 1 aromatic heterocycles. The SMILES string of the molecule is CC(=O)c1ccccc1Oc1cc(Cn2ccnc2)ccc1C#N. The van der Waals surface area contributed by atoms with Gasteiger partial charge < -0.3 is 9.30 Å². The Labute approximate surface area is 139 Å². The summed E-state index contributed by atoms with van der Waals surface area (Å²) in [5, 5.41) is 9.31. The predicted molar refractivity (Wildman–Crippen MR) is 89.0 cm³/mol. The van der Waals surface area contributed by atoms with Crippen LogP contribution in [0.4, 0.5) is 0 Å². The third kappa shape index (κ3) is 3.33. The van der Waals surface area contributed by atoms with Crippen LogP contribution in [-0.2, 0) is 6.54 Å². The number of rotatable bonds is 5. The molecule has 2 aromatic carbocycles. The number of Topliss-reactive ketones (excluding diaryl/α,β-unsaturated/α-hetero) is 1. The molecular weight excluding hydrogens is 302 g/mol. The largest absolute Gasteiger partial charge is 0.455 e. The number of hydrogen-bond acceptors (Lipinski definition) is 4. The summed E-state index contributed by atoms with van der Waals surface area (Å²) in [7, 11) is 0. The van der Waals surface area contributed by atoms with E-state index in [1.165, 1.54) is 6.92 Å². The molecule has 1 heterocycles. The summed E-state index contributed by atoms with van der Waals surface area (Å²) in [4.78, 5) is 15.7. The molecule has 5 nitrogen and oxygen atoms in total. The Morgan fingerprint density at radius 3 is 2.79 bits per heavy atom. The van der Waals surface area contributed by atoms with E-state index in [-0.39, 0.29) is 5.78 Å². The minimum Gasteiger partial charge on any atom is -0.455 e. The number of nitrogens with zero attached hydrogens (tertiary/aromatic N) is 3. The van der Waals surface area contributed by atoms with Crippen LogP contribution in [0.25, 0.3) is 0 Å². The highest BCUT2D eigenvalue weighted by molar-refractivity contribution is 5.96. The second-order valence-electron chi connectivity index (χ2n) is 5.33. The van der Waals surface area contributed by atoms with Crippen molar-refractivity contribution in [3.63, 3.8) is 0 Å². The second-order valence-corrected chi connectivity index (χ2v) is 5.33. The molecule has 0 atom stereocenters. The minimum absolute atomic E-state index is 0.0846. The first kappa shape index (κ1) is 15.5. The summed E-state index contributed by atoms with van der Waals surface area (Å²) < 4.78 is 7.81. The number of ketones is 1. The number of nitriles is 1. The van der Waals surface area contributed by atoms with Gasteiger partial charge in [-0.25, -0.2) is 4.98 Å². The van der Waals surface area contributed by atoms with Crippen molar-refractivity contribution in [2.24, 2.45) is 0 Å². The molecule has 0 aliphatic rings. The van der Waals surface area contributed by atoms with Crippen molar-refractivity contribution in [3.8, 4) is 17.6 Å². The molecule has 0 bridgehead atoms. The maximum absolute atomic E-state index is 11.7. The molecule has 0 fully saturated rings. The smallest absolute Gasteiger partial charge is 0.163 e. The fourth-order valence-electron chi connectivity index (χ4n) is 2.40. The Hall–Kier alpha value is -3.39. The number of para-hydroxylation sites is 1. The zero-order chi connectivity index (χ0) is 16.9. The van der Waals surface area contributed by atoms with Crippen molar-refractivity contribution in [1.29, 1.82) is 5.26 Å². The molecule has 0 amide bonds. The standard InChI is InChI=1S/C19H15N3O2/c1-14(23)17-4-2-3-5-18(17)24-19-10-15(6-7-16(19)11-20)12-22-9-8-21-13-22/h2-10,13H,12H2,1H3. The van der Waals surface area contributed by atoms with Crippen molar-refractivity contribution in [3.05, 3.63) is 77.9 Å². The lowest BCUT2D eigenvalue weighted by atomic mass is 10.1. The number of carbonyl (C=O) groups excluding carboxylic acids is 1. The van der Waals surface area contributed by atoms with Gasteiger partial charge in [0.05, 0.1) is 17.5 Å². The molecular formula is C19H15N3O2. The first-order valence-electron chi connectivity index (χ1n) is 7.44. The Morgan fingerprint density at radius 2 is 2.08 bits per heavy atom. The van der Waals surface area contributed by atoms with E-state index in [1.54, 1.807) is 42.9 Å². The van der Waals surface area contributed by atoms with E-state index in [1.807, 2.05) is 22.9 Å². The Kier molecular flexibility index (Phi) is 4.39. The monoisotopic (exact) mass is 317 g/mol. The van der Waals surface area contributed by atoms with Crippen molar-refractivity contribution in [2.45, 2.75) is 13.5 Å². The van der Waals surface area contributed by atoms with E-state index in [9.17, 15) is 10.1 Å². The van der Waals surface area contributed by atoms with Gasteiger partial charge in [0.25, 0.3) is 0 Å². The molecule has 5 heteroatoms. The highest BCUT2D eigenvalue weighted by Crippen LogP contribution is 2.29. The average molecular weight is 317 g/mol. The van der Waals surface area contributed by atoms with Crippen LogP contribution < -0.4 is 4.74 Å². The third-order valence-electron chi connectivity index (χ3n) is 3.58. The van der Waals surface area contributed by atoms with Gasteiger partial charge in [-0.2, -0.15) is 5.26 Å². The van der Waals surface area contributed by atoms with E-state index >= 15 is 0 Å². The normalized spacial score (nSPS) is 10.2. The van der Waals surface area contributed by atoms with Crippen molar-refractivity contribution in [1.82, 2.24) is 9.55 Å². The van der Waals surface area contributed by atoms with E-state index in [4.69, 9.17) is 4.74 Å². The first-order chi connectivity index (χ1) is 11.7. The maximum Gasteiger partial charge on any atom is 0.163 e. The van der Waals surface area contributed by atoms with Crippen LogP contribution in [0.5, 0.6) is 11.5 Å². The maximum atomic E-state index is 11.7. The lowest BCUT2D eigenvalue weighted by Crippen LogP contribution is -2.00. The highest BCUT2D eigenvalue weighted by atomic mass is 16.5. The number of carbonyl (C=O) groups is 1. The number of imidazole rings is 1. The molecule has 0 saturated carbocycles. The van der Waals surface area contributed by atoms with Gasteiger partial charge >= 0.3 is 0 Å². The van der Waals surface area contributed by atoms with Crippen molar-refractivity contribution in [2.75, 3.05) is 0 Å². The van der Waals surface area contributed by atoms with Crippen molar-refractivity contribution < 1.29 is 9.53 Å². The molecule has 3 aromatic rings. The summed E-state index contributed by atoms with van der Waals surface area (Å²) >= 11 is 0. The fraction of sp³-hybridized carbons (Fsp3) is 0.105. The summed E-state index contributed by atoms with van der Waals surface area (Å²) in [6.45, 7) is 2.11. The van der Waals surface area contributed by atoms with Crippen LogP contribution in [-0.4, -0.2) is 15.3 Å². The zero-order valence-electron chi connectivity index (χ0n) is 13.1. The van der Waals surface area contributed by atoms with Crippen LogP contribution >= 0.6 is 0 Å². The molecule has 0 saturated heterocycles. The lowest BCUT2D eigenvalue weighted by Gasteiger charge is -2.12. The molecule has 118 valence electrons. The number of benzene rings is 2. The van der Waals surface area contributed by atoms with E-state index in [0.29, 0.717) is 29.2 Å². The van der Waals surface area contributed by atoms with E-state index in [2.05, 4.69) is 11.1 Å². The lowest BCUT2D eigenvalue weighted by molar-refractivity contribution is 0.101. The predicted octanol–water partition coefficient (Wildman–Crippen LogP) is 3.80. The minimum atomic E-state index is -0.0846. The van der Waals surface area contributed by atoms with E-state index in [0.717, 1.165) is 5.56 Å². The average Bonchev–Trinajstić information content (AvgIpc) is 3.08. The number of hydrogen-bond donors (Lipinski definition) is 0. The summed E-state index contributed by atoms with van der Waals surface area (Å²) in [6.07, 6.45) is 5.30. The Balaban J connectivity index is 1.95. The molecule has 0 unspecified atom stereocenters. The molecule has 3 rings (SSSR count). The summed E-state index contributed by atoms with van der Waals surface area (Å²) in [5.41, 5.74) is 1.88. The molecule has 0 radical (unpaired) electrons. The first-order valence-corrected chi connectivity index (χ1v) is 7.44. The van der Waals surface area contributed by atoms with Gasteiger partial charge in [-0.05, 0) is 36.8 Å². The van der Waals surface area contributed by atoms with Gasteiger partial charge in [0.1, 0.15) is 17.6 Å². The molecule has 0 spiro atoms.